The van der Waals surface area contributed by atoms with Crippen LogP contribution in [0.3, 0.4) is 0 Å². The molecule has 102 valence electrons. The average molecular weight is 269 g/mol. The zero-order valence-corrected chi connectivity index (χ0v) is 11.3. The van der Waals surface area contributed by atoms with E-state index in [4.69, 9.17) is 0 Å². The van der Waals surface area contributed by atoms with Gasteiger partial charge in [-0.3, -0.25) is 0 Å². The number of rotatable bonds is 3. The van der Waals surface area contributed by atoms with Gasteiger partial charge in [0.1, 0.15) is 0 Å². The molecule has 0 amide bonds. The summed E-state index contributed by atoms with van der Waals surface area (Å²) in [7, 11) is 0. The van der Waals surface area contributed by atoms with Crippen molar-refractivity contribution in [3.8, 4) is 11.3 Å². The number of H-pyrrole nitrogens is 1. The first kappa shape index (κ1) is 12.4. The Kier molecular flexibility index (Phi) is 2.98. The smallest absolute Gasteiger partial charge is 0.347 e. The largest absolute Gasteiger partial charge is 0.365 e. The number of benzene rings is 1. The molecule has 0 atom stereocenters. The highest BCUT2D eigenvalue weighted by Gasteiger charge is 2.12. The molecule has 2 heterocycles. The fraction of sp³-hybridized carbons (Fsp3) is 0.214. The molecule has 0 spiro atoms. The van der Waals surface area contributed by atoms with Crippen molar-refractivity contribution < 1.29 is 0 Å². The molecule has 6 nitrogen and oxygen atoms in total. The molecular formula is C14H15N5O. The van der Waals surface area contributed by atoms with Gasteiger partial charge in [0, 0.05) is 17.8 Å². The Balaban J connectivity index is 2.24. The van der Waals surface area contributed by atoms with Crippen molar-refractivity contribution in [2.24, 2.45) is 0 Å². The third-order valence-electron chi connectivity index (χ3n) is 2.89. The van der Waals surface area contributed by atoms with E-state index in [1.807, 2.05) is 44.2 Å². The van der Waals surface area contributed by atoms with Crippen molar-refractivity contribution in [3.63, 3.8) is 0 Å². The zero-order chi connectivity index (χ0) is 14.1. The summed E-state index contributed by atoms with van der Waals surface area (Å²) in [5.74, 6) is 0.597. The highest BCUT2D eigenvalue weighted by atomic mass is 16.1. The molecular weight excluding hydrogens is 254 g/mol. The van der Waals surface area contributed by atoms with Crippen molar-refractivity contribution >= 4 is 11.5 Å². The van der Waals surface area contributed by atoms with Crippen LogP contribution in [0.1, 0.15) is 13.8 Å². The minimum absolute atomic E-state index is 0.198. The number of nitrogens with one attached hydrogen (secondary N) is 2. The summed E-state index contributed by atoms with van der Waals surface area (Å²) in [4.78, 5) is 16.4. The van der Waals surface area contributed by atoms with Gasteiger partial charge in [0.2, 0.25) is 5.65 Å². The lowest BCUT2D eigenvalue weighted by atomic mass is 10.2. The molecule has 2 aromatic heterocycles. The van der Waals surface area contributed by atoms with Crippen molar-refractivity contribution in [3.05, 3.63) is 47.0 Å². The summed E-state index contributed by atoms with van der Waals surface area (Å²) >= 11 is 0. The van der Waals surface area contributed by atoms with Gasteiger partial charge >= 0.3 is 5.69 Å². The minimum atomic E-state index is -0.272. The van der Waals surface area contributed by atoms with E-state index in [1.165, 1.54) is 4.40 Å². The van der Waals surface area contributed by atoms with Gasteiger partial charge in [-0.1, -0.05) is 30.3 Å². The summed E-state index contributed by atoms with van der Waals surface area (Å²) in [6.07, 6.45) is 1.70. The van der Waals surface area contributed by atoms with Gasteiger partial charge in [-0.25, -0.2) is 19.3 Å². The van der Waals surface area contributed by atoms with Crippen LogP contribution in [0.2, 0.25) is 0 Å². The van der Waals surface area contributed by atoms with Crippen LogP contribution in [-0.4, -0.2) is 25.6 Å². The first-order chi connectivity index (χ1) is 9.65. The van der Waals surface area contributed by atoms with E-state index in [0.717, 1.165) is 11.3 Å². The van der Waals surface area contributed by atoms with E-state index in [-0.39, 0.29) is 11.7 Å². The fourth-order valence-electron chi connectivity index (χ4n) is 2.03. The maximum atomic E-state index is 11.8. The lowest BCUT2D eigenvalue weighted by Gasteiger charge is -2.11. The third-order valence-corrected chi connectivity index (χ3v) is 2.89. The molecule has 0 fully saturated rings. The number of aromatic amines is 1. The van der Waals surface area contributed by atoms with Crippen LogP contribution in [0.25, 0.3) is 16.9 Å². The van der Waals surface area contributed by atoms with Crippen LogP contribution in [0.15, 0.2) is 41.3 Å². The number of nitrogens with zero attached hydrogens (tertiary/aromatic N) is 3. The SMILES string of the molecule is CC(C)Nc1nc(-c2ccccc2)cn2c(=O)[nH]nc12. The molecule has 6 heteroatoms. The first-order valence-corrected chi connectivity index (χ1v) is 6.45. The number of aromatic nitrogens is 4. The summed E-state index contributed by atoms with van der Waals surface area (Å²) in [6.45, 7) is 4.02. The molecule has 2 N–H and O–H groups in total. The van der Waals surface area contributed by atoms with E-state index in [9.17, 15) is 4.79 Å². The molecule has 3 rings (SSSR count). The van der Waals surface area contributed by atoms with E-state index in [2.05, 4.69) is 20.5 Å². The third kappa shape index (κ3) is 2.16. The van der Waals surface area contributed by atoms with Gasteiger partial charge in [-0.15, -0.1) is 5.10 Å². The molecule has 0 aliphatic rings. The van der Waals surface area contributed by atoms with E-state index >= 15 is 0 Å². The van der Waals surface area contributed by atoms with E-state index < -0.39 is 0 Å². The van der Waals surface area contributed by atoms with Gasteiger partial charge in [-0.05, 0) is 13.8 Å². The maximum Gasteiger partial charge on any atom is 0.347 e. The van der Waals surface area contributed by atoms with Crippen molar-refractivity contribution in [2.75, 3.05) is 5.32 Å². The summed E-state index contributed by atoms with van der Waals surface area (Å²) in [6, 6.07) is 9.93. The molecule has 0 radical (unpaired) electrons. The lowest BCUT2D eigenvalue weighted by molar-refractivity contribution is 0.886. The molecule has 3 aromatic rings. The monoisotopic (exact) mass is 269 g/mol. The van der Waals surface area contributed by atoms with Crippen molar-refractivity contribution in [1.29, 1.82) is 0 Å². The Labute approximate surface area is 115 Å². The molecule has 1 aromatic carbocycles. The van der Waals surface area contributed by atoms with Gasteiger partial charge in [0.15, 0.2) is 5.82 Å². The topological polar surface area (TPSA) is 75.1 Å². The molecule has 0 aliphatic heterocycles. The first-order valence-electron chi connectivity index (χ1n) is 6.45. The van der Waals surface area contributed by atoms with Crippen LogP contribution in [-0.2, 0) is 0 Å². The van der Waals surface area contributed by atoms with Crippen molar-refractivity contribution in [1.82, 2.24) is 19.6 Å². The number of hydrogen-bond donors (Lipinski definition) is 2. The van der Waals surface area contributed by atoms with E-state index in [1.54, 1.807) is 6.20 Å². The van der Waals surface area contributed by atoms with Crippen LogP contribution in [0.5, 0.6) is 0 Å². The number of hydrogen-bond acceptors (Lipinski definition) is 4. The second-order valence-corrected chi connectivity index (χ2v) is 4.86. The second kappa shape index (κ2) is 4.80. The van der Waals surface area contributed by atoms with Crippen molar-refractivity contribution in [2.45, 2.75) is 19.9 Å². The van der Waals surface area contributed by atoms with Crippen LogP contribution in [0, 0.1) is 0 Å². The predicted molar refractivity (Wildman–Crippen MR) is 77.8 cm³/mol. The van der Waals surface area contributed by atoms with Crippen LogP contribution < -0.4 is 11.0 Å². The second-order valence-electron chi connectivity index (χ2n) is 4.86. The average Bonchev–Trinajstić information content (AvgIpc) is 2.81. The summed E-state index contributed by atoms with van der Waals surface area (Å²) in [5, 5.41) is 9.67. The standard InChI is InChI=1S/C14H15N5O/c1-9(2)15-12-13-17-18-14(20)19(13)8-11(16-12)10-6-4-3-5-7-10/h3-9H,1-2H3,(H,15,16)(H,18,20). The lowest BCUT2D eigenvalue weighted by Crippen LogP contribution is -2.15. The maximum absolute atomic E-state index is 11.8. The Bertz CT molecular complexity index is 788. The Morgan fingerprint density at radius 3 is 2.70 bits per heavy atom. The molecule has 0 bridgehead atoms. The number of anilines is 1. The molecule has 0 unspecified atom stereocenters. The quantitative estimate of drug-likeness (QED) is 0.761. The van der Waals surface area contributed by atoms with Gasteiger partial charge < -0.3 is 5.32 Å². The summed E-state index contributed by atoms with van der Waals surface area (Å²) < 4.78 is 1.47. The van der Waals surface area contributed by atoms with Gasteiger partial charge in [0.25, 0.3) is 0 Å². The molecule has 0 saturated heterocycles. The van der Waals surface area contributed by atoms with Gasteiger partial charge in [-0.2, -0.15) is 0 Å². The Morgan fingerprint density at radius 1 is 1.25 bits per heavy atom. The Morgan fingerprint density at radius 2 is 2.00 bits per heavy atom. The zero-order valence-electron chi connectivity index (χ0n) is 11.3. The highest BCUT2D eigenvalue weighted by molar-refractivity contribution is 5.68. The summed E-state index contributed by atoms with van der Waals surface area (Å²) in [5.41, 5.74) is 1.91. The molecule has 0 aliphatic carbocycles. The molecule has 20 heavy (non-hydrogen) atoms. The fourth-order valence-corrected chi connectivity index (χ4v) is 2.03. The predicted octanol–water partition coefficient (Wildman–Crippen LogP) is 1.90. The van der Waals surface area contributed by atoms with Crippen LogP contribution in [0.4, 0.5) is 5.82 Å². The minimum Gasteiger partial charge on any atom is -0.365 e. The number of fused-ring (bicyclic) bond motifs is 1. The van der Waals surface area contributed by atoms with E-state index in [0.29, 0.717) is 11.5 Å². The van der Waals surface area contributed by atoms with Gasteiger partial charge in [0.05, 0.1) is 5.69 Å². The highest BCUT2D eigenvalue weighted by Crippen LogP contribution is 2.20. The van der Waals surface area contributed by atoms with Crippen LogP contribution >= 0.6 is 0 Å². The Hall–Kier alpha value is -2.63. The normalized spacial score (nSPS) is 11.2. The molecule has 0 saturated carbocycles.